The zero-order chi connectivity index (χ0) is 23.7. The van der Waals surface area contributed by atoms with Crippen molar-refractivity contribution in [1.82, 2.24) is 14.8 Å². The van der Waals surface area contributed by atoms with Gasteiger partial charge in [-0.05, 0) is 47.1 Å². The summed E-state index contributed by atoms with van der Waals surface area (Å²) < 4.78 is 17.5. The van der Waals surface area contributed by atoms with E-state index in [1.165, 1.54) is 0 Å². The second-order valence-corrected chi connectivity index (χ2v) is 9.30. The highest BCUT2D eigenvalue weighted by Crippen LogP contribution is 2.33. The summed E-state index contributed by atoms with van der Waals surface area (Å²) in [6, 6.07) is 6.37. The van der Waals surface area contributed by atoms with Crippen molar-refractivity contribution in [1.29, 1.82) is 0 Å². The van der Waals surface area contributed by atoms with Gasteiger partial charge in [0.05, 0.1) is 19.2 Å². The van der Waals surface area contributed by atoms with E-state index in [1.807, 2.05) is 6.92 Å². The number of halogens is 1. The molecule has 0 bridgehead atoms. The van der Waals surface area contributed by atoms with E-state index in [-0.39, 0.29) is 49.6 Å². The lowest BCUT2D eigenvalue weighted by atomic mass is 10.00. The molecule has 176 valence electrons. The molecule has 2 amide bonds. The molecule has 33 heavy (non-hydrogen) atoms. The number of nitrogens with zero attached hydrogens (tertiary/aromatic N) is 3. The number of ether oxygens (including phenoxy) is 3. The van der Waals surface area contributed by atoms with Crippen LogP contribution in [-0.2, 0) is 0 Å². The summed E-state index contributed by atoms with van der Waals surface area (Å²) in [5.41, 5.74) is 0.791. The van der Waals surface area contributed by atoms with E-state index < -0.39 is 6.10 Å². The molecular formula is C23H26BrN3O6. The molecule has 0 aliphatic carbocycles. The molecule has 0 saturated heterocycles. The van der Waals surface area contributed by atoms with Crippen LogP contribution in [0.25, 0.3) is 0 Å². The van der Waals surface area contributed by atoms with Crippen LogP contribution >= 0.6 is 15.9 Å². The average Bonchev–Trinajstić information content (AvgIpc) is 3.28. The topological polar surface area (TPSA) is 101 Å². The molecule has 0 spiro atoms. The highest BCUT2D eigenvalue weighted by atomic mass is 79.9. The van der Waals surface area contributed by atoms with Crippen LogP contribution in [0.1, 0.15) is 34.6 Å². The van der Waals surface area contributed by atoms with Gasteiger partial charge in [-0.3, -0.25) is 9.59 Å². The summed E-state index contributed by atoms with van der Waals surface area (Å²) in [7, 11) is 1.71. The van der Waals surface area contributed by atoms with Gasteiger partial charge in [0.2, 0.25) is 12.7 Å². The molecule has 2 aliphatic rings. The van der Waals surface area contributed by atoms with E-state index in [0.29, 0.717) is 33.6 Å². The van der Waals surface area contributed by atoms with Gasteiger partial charge in [0, 0.05) is 35.7 Å². The van der Waals surface area contributed by atoms with Crippen molar-refractivity contribution in [2.75, 3.05) is 33.5 Å². The fraction of sp³-hybridized carbons (Fsp3) is 0.435. The minimum atomic E-state index is -0.429. The van der Waals surface area contributed by atoms with Gasteiger partial charge in [0.25, 0.3) is 11.8 Å². The number of aromatic nitrogens is 1. The van der Waals surface area contributed by atoms with Crippen molar-refractivity contribution in [3.63, 3.8) is 0 Å². The Bertz CT molecular complexity index is 1060. The molecule has 2 aromatic rings. The number of amides is 2. The van der Waals surface area contributed by atoms with Crippen LogP contribution in [0.3, 0.4) is 0 Å². The van der Waals surface area contributed by atoms with E-state index in [0.717, 1.165) is 0 Å². The first kappa shape index (κ1) is 23.3. The number of pyridine rings is 1. The van der Waals surface area contributed by atoms with Gasteiger partial charge in [-0.1, -0.05) is 6.92 Å². The van der Waals surface area contributed by atoms with E-state index in [9.17, 15) is 14.7 Å². The van der Waals surface area contributed by atoms with Crippen molar-refractivity contribution in [2.45, 2.75) is 26.0 Å². The number of rotatable bonds is 5. The van der Waals surface area contributed by atoms with Gasteiger partial charge >= 0.3 is 0 Å². The molecule has 3 atom stereocenters. The third-order valence-corrected chi connectivity index (χ3v) is 6.34. The Labute approximate surface area is 200 Å². The van der Waals surface area contributed by atoms with Gasteiger partial charge in [-0.15, -0.1) is 0 Å². The summed E-state index contributed by atoms with van der Waals surface area (Å²) in [4.78, 5) is 33.8. The summed E-state index contributed by atoms with van der Waals surface area (Å²) in [5, 5.41) is 9.71. The standard InChI is InChI=1S/C23H26BrN3O6/c1-13-9-27(14(2)11-28)23(30)17-7-16(24)8-25-21(17)33-20(13)10-26(3)22(29)15-4-5-18-19(6-15)32-12-31-18/h4-8,13-14,20,28H,9-12H2,1-3H3/t13-,14-,20-/m0/s1. The number of hydrogen-bond donors (Lipinski definition) is 1. The largest absolute Gasteiger partial charge is 0.472 e. The Balaban J connectivity index is 1.59. The van der Waals surface area contributed by atoms with Gasteiger partial charge in [-0.25, -0.2) is 4.98 Å². The first-order chi connectivity index (χ1) is 15.8. The number of hydrogen-bond acceptors (Lipinski definition) is 7. The molecule has 0 saturated carbocycles. The second kappa shape index (κ2) is 9.56. The summed E-state index contributed by atoms with van der Waals surface area (Å²) in [5.74, 6) is 0.790. The lowest BCUT2D eigenvalue weighted by Gasteiger charge is -2.37. The number of likely N-dealkylation sites (N-methyl/N-ethyl adjacent to an activating group) is 1. The fourth-order valence-corrected chi connectivity index (χ4v) is 4.23. The highest BCUT2D eigenvalue weighted by Gasteiger charge is 2.35. The summed E-state index contributed by atoms with van der Waals surface area (Å²) >= 11 is 3.36. The number of aliphatic hydroxyl groups excluding tert-OH is 1. The molecule has 4 rings (SSSR count). The molecule has 0 fully saturated rings. The molecule has 1 aromatic carbocycles. The van der Waals surface area contributed by atoms with Gasteiger partial charge < -0.3 is 29.1 Å². The zero-order valence-electron chi connectivity index (χ0n) is 18.7. The Morgan fingerprint density at radius 1 is 1.33 bits per heavy atom. The van der Waals surface area contributed by atoms with Crippen molar-refractivity contribution < 1.29 is 28.9 Å². The third kappa shape index (κ3) is 4.77. The van der Waals surface area contributed by atoms with Gasteiger partial charge in [0.1, 0.15) is 11.7 Å². The van der Waals surface area contributed by atoms with Gasteiger partial charge in [0.15, 0.2) is 11.5 Å². The third-order valence-electron chi connectivity index (χ3n) is 5.91. The van der Waals surface area contributed by atoms with E-state index >= 15 is 0 Å². The smallest absolute Gasteiger partial charge is 0.259 e. The first-order valence-electron chi connectivity index (χ1n) is 10.7. The quantitative estimate of drug-likeness (QED) is 0.647. The fourth-order valence-electron chi connectivity index (χ4n) is 3.90. The molecule has 2 aliphatic heterocycles. The maximum atomic E-state index is 13.2. The lowest BCUT2D eigenvalue weighted by molar-refractivity contribution is 0.0313. The van der Waals surface area contributed by atoms with Crippen LogP contribution in [0.4, 0.5) is 0 Å². The zero-order valence-corrected chi connectivity index (χ0v) is 20.2. The summed E-state index contributed by atoms with van der Waals surface area (Å²) in [6.45, 7) is 4.37. The Morgan fingerprint density at radius 3 is 2.85 bits per heavy atom. The number of carbonyl (C=O) groups is 2. The molecule has 1 aromatic heterocycles. The molecule has 3 heterocycles. The van der Waals surface area contributed by atoms with Crippen LogP contribution in [0.2, 0.25) is 0 Å². The molecule has 0 unspecified atom stereocenters. The number of carbonyl (C=O) groups excluding carboxylic acids is 2. The second-order valence-electron chi connectivity index (χ2n) is 8.38. The van der Waals surface area contributed by atoms with Crippen molar-refractivity contribution in [3.05, 3.63) is 46.1 Å². The van der Waals surface area contributed by atoms with Crippen LogP contribution in [0.15, 0.2) is 34.9 Å². The minimum Gasteiger partial charge on any atom is -0.472 e. The predicted octanol–water partition coefficient (Wildman–Crippen LogP) is 2.57. The van der Waals surface area contributed by atoms with E-state index in [4.69, 9.17) is 14.2 Å². The number of fused-ring (bicyclic) bond motifs is 2. The monoisotopic (exact) mass is 519 g/mol. The van der Waals surface area contributed by atoms with Crippen LogP contribution in [-0.4, -0.2) is 77.4 Å². The van der Waals surface area contributed by atoms with Crippen LogP contribution in [0.5, 0.6) is 17.4 Å². The number of aliphatic hydroxyl groups is 1. The SMILES string of the molecule is C[C@H]1CN([C@@H](C)CO)C(=O)c2cc(Br)cnc2O[C@H]1CN(C)C(=O)c1ccc2c(c1)OCO2. The molecule has 1 N–H and O–H groups in total. The predicted molar refractivity (Wildman–Crippen MR) is 123 cm³/mol. The molecule has 10 heteroatoms. The first-order valence-corrected chi connectivity index (χ1v) is 11.5. The van der Waals surface area contributed by atoms with Crippen LogP contribution < -0.4 is 14.2 Å². The molecular weight excluding hydrogens is 494 g/mol. The van der Waals surface area contributed by atoms with Gasteiger partial charge in [-0.2, -0.15) is 0 Å². The Hall–Kier alpha value is -2.85. The maximum Gasteiger partial charge on any atom is 0.259 e. The van der Waals surface area contributed by atoms with Crippen molar-refractivity contribution in [3.8, 4) is 17.4 Å². The number of benzene rings is 1. The lowest BCUT2D eigenvalue weighted by Crippen LogP contribution is -2.50. The van der Waals surface area contributed by atoms with Crippen LogP contribution in [0, 0.1) is 5.92 Å². The average molecular weight is 520 g/mol. The normalized spacial score (nSPS) is 20.4. The van der Waals surface area contributed by atoms with Crippen molar-refractivity contribution >= 4 is 27.7 Å². The summed E-state index contributed by atoms with van der Waals surface area (Å²) in [6.07, 6.45) is 1.14. The maximum absolute atomic E-state index is 13.2. The minimum absolute atomic E-state index is 0.131. The van der Waals surface area contributed by atoms with Crippen molar-refractivity contribution in [2.24, 2.45) is 5.92 Å². The molecule has 0 radical (unpaired) electrons. The highest BCUT2D eigenvalue weighted by molar-refractivity contribution is 9.10. The Morgan fingerprint density at radius 2 is 2.09 bits per heavy atom. The molecule has 9 nitrogen and oxygen atoms in total. The van der Waals surface area contributed by atoms with E-state index in [2.05, 4.69) is 20.9 Å². The van der Waals surface area contributed by atoms with E-state index in [1.54, 1.807) is 54.2 Å². The Kier molecular flexibility index (Phi) is 6.76.